The van der Waals surface area contributed by atoms with Gasteiger partial charge in [0.2, 0.25) is 15.8 Å². The summed E-state index contributed by atoms with van der Waals surface area (Å²) in [7, 11) is -3.70. The highest BCUT2D eigenvalue weighted by atomic mass is 32.2. The molecule has 28 heavy (non-hydrogen) atoms. The Bertz CT molecular complexity index is 996. The van der Waals surface area contributed by atoms with Gasteiger partial charge in [-0.05, 0) is 62.6 Å². The number of benzene rings is 2. The predicted octanol–water partition coefficient (Wildman–Crippen LogP) is 3.01. The van der Waals surface area contributed by atoms with Crippen molar-refractivity contribution >= 4 is 21.8 Å². The quantitative estimate of drug-likeness (QED) is 0.541. The molecule has 0 unspecified atom stereocenters. The Morgan fingerprint density at radius 1 is 0.929 bits per heavy atom. The second-order valence-electron chi connectivity index (χ2n) is 6.80. The maximum Gasteiger partial charge on any atom is 0.307 e. The third-order valence-corrected chi connectivity index (χ3v) is 5.93. The SMILES string of the molecule is Cc1ccc(C)c(C(=O)COC(=O)CCNS(=O)(=O)c2ccc(C)c(C)c2)c1. The molecule has 150 valence electrons. The van der Waals surface area contributed by atoms with Crippen molar-refractivity contribution in [2.75, 3.05) is 13.2 Å². The van der Waals surface area contributed by atoms with Crippen LogP contribution in [-0.2, 0) is 19.6 Å². The topological polar surface area (TPSA) is 89.5 Å². The van der Waals surface area contributed by atoms with E-state index in [-0.39, 0.29) is 30.3 Å². The van der Waals surface area contributed by atoms with E-state index in [2.05, 4.69) is 4.72 Å². The monoisotopic (exact) mass is 403 g/mol. The number of rotatable bonds is 8. The van der Waals surface area contributed by atoms with Crippen LogP contribution in [0.25, 0.3) is 0 Å². The van der Waals surface area contributed by atoms with Crippen LogP contribution in [0.5, 0.6) is 0 Å². The number of sulfonamides is 1. The molecule has 0 saturated heterocycles. The van der Waals surface area contributed by atoms with E-state index in [0.717, 1.165) is 22.3 Å². The second-order valence-corrected chi connectivity index (χ2v) is 8.56. The third-order valence-electron chi connectivity index (χ3n) is 4.47. The van der Waals surface area contributed by atoms with Gasteiger partial charge in [-0.15, -0.1) is 0 Å². The fourth-order valence-electron chi connectivity index (χ4n) is 2.58. The number of aryl methyl sites for hydroxylation is 4. The first-order chi connectivity index (χ1) is 13.1. The van der Waals surface area contributed by atoms with Gasteiger partial charge in [0.05, 0.1) is 11.3 Å². The summed E-state index contributed by atoms with van der Waals surface area (Å²) in [6.45, 7) is 6.95. The molecule has 0 bridgehead atoms. The molecule has 1 N–H and O–H groups in total. The minimum absolute atomic E-state index is 0.105. The van der Waals surface area contributed by atoms with Crippen molar-refractivity contribution in [1.29, 1.82) is 0 Å². The summed E-state index contributed by atoms with van der Waals surface area (Å²) in [6.07, 6.45) is -0.163. The Kier molecular flexibility index (Phi) is 7.10. The predicted molar refractivity (Wildman–Crippen MR) is 107 cm³/mol. The Hall–Kier alpha value is -2.51. The van der Waals surface area contributed by atoms with E-state index in [1.165, 1.54) is 6.07 Å². The molecular weight excluding hydrogens is 378 g/mol. The smallest absolute Gasteiger partial charge is 0.307 e. The van der Waals surface area contributed by atoms with Gasteiger partial charge in [-0.1, -0.05) is 23.8 Å². The number of hydrogen-bond acceptors (Lipinski definition) is 5. The lowest BCUT2D eigenvalue weighted by Gasteiger charge is -2.09. The summed E-state index contributed by atoms with van der Waals surface area (Å²) in [5, 5.41) is 0. The van der Waals surface area contributed by atoms with Crippen LogP contribution < -0.4 is 4.72 Å². The molecule has 0 aliphatic rings. The Morgan fingerprint density at radius 2 is 1.61 bits per heavy atom. The standard InChI is InChI=1S/C21H25NO5S/c1-14-5-6-16(3)19(11-14)20(23)13-27-21(24)9-10-22-28(25,26)18-8-7-15(2)17(4)12-18/h5-8,11-12,22H,9-10,13H2,1-4H3. The molecule has 7 heteroatoms. The van der Waals surface area contributed by atoms with Crippen molar-refractivity contribution in [3.8, 4) is 0 Å². The van der Waals surface area contributed by atoms with Crippen molar-refractivity contribution in [1.82, 2.24) is 4.72 Å². The molecule has 0 aliphatic carbocycles. The molecule has 0 fully saturated rings. The van der Waals surface area contributed by atoms with E-state index in [9.17, 15) is 18.0 Å². The first kappa shape index (κ1) is 21.8. The summed E-state index contributed by atoms with van der Waals surface area (Å²) in [4.78, 5) is 24.2. The van der Waals surface area contributed by atoms with Gasteiger partial charge in [-0.25, -0.2) is 13.1 Å². The van der Waals surface area contributed by atoms with Crippen LogP contribution in [0.1, 0.15) is 39.0 Å². The minimum atomic E-state index is -3.70. The van der Waals surface area contributed by atoms with Crippen LogP contribution >= 0.6 is 0 Å². The maximum absolute atomic E-state index is 12.3. The molecule has 0 aliphatic heterocycles. The van der Waals surface area contributed by atoms with Crippen molar-refractivity contribution in [3.05, 3.63) is 64.2 Å². The van der Waals surface area contributed by atoms with E-state index < -0.39 is 16.0 Å². The van der Waals surface area contributed by atoms with Crippen molar-refractivity contribution in [2.45, 2.75) is 39.0 Å². The van der Waals surface area contributed by atoms with Crippen LogP contribution in [-0.4, -0.2) is 33.3 Å². The van der Waals surface area contributed by atoms with Crippen molar-refractivity contribution in [3.63, 3.8) is 0 Å². The Labute approximate surface area is 166 Å². The number of ether oxygens (including phenoxy) is 1. The molecule has 0 radical (unpaired) electrons. The number of ketones is 1. The number of carbonyl (C=O) groups excluding carboxylic acids is 2. The highest BCUT2D eigenvalue weighted by molar-refractivity contribution is 7.89. The van der Waals surface area contributed by atoms with Gasteiger partial charge < -0.3 is 4.74 Å². The highest BCUT2D eigenvalue weighted by Gasteiger charge is 2.16. The summed E-state index contributed by atoms with van der Waals surface area (Å²) >= 11 is 0. The number of nitrogens with one attached hydrogen (secondary N) is 1. The molecule has 2 aromatic carbocycles. The molecule has 2 aromatic rings. The fourth-order valence-corrected chi connectivity index (χ4v) is 3.70. The summed E-state index contributed by atoms with van der Waals surface area (Å²) < 4.78 is 31.9. The van der Waals surface area contributed by atoms with Crippen LogP contribution in [0.4, 0.5) is 0 Å². The number of hydrogen-bond donors (Lipinski definition) is 1. The summed E-state index contributed by atoms with van der Waals surface area (Å²) in [6, 6.07) is 10.3. The van der Waals surface area contributed by atoms with Crippen molar-refractivity contribution in [2.24, 2.45) is 0 Å². The maximum atomic E-state index is 12.3. The lowest BCUT2D eigenvalue weighted by Crippen LogP contribution is -2.27. The first-order valence-corrected chi connectivity index (χ1v) is 10.4. The fraction of sp³-hybridized carbons (Fsp3) is 0.333. The van der Waals surface area contributed by atoms with Crippen LogP contribution in [0.2, 0.25) is 0 Å². The lowest BCUT2D eigenvalue weighted by molar-refractivity contribution is -0.142. The minimum Gasteiger partial charge on any atom is -0.457 e. The molecule has 0 spiro atoms. The number of carbonyl (C=O) groups is 2. The molecule has 0 saturated carbocycles. The highest BCUT2D eigenvalue weighted by Crippen LogP contribution is 2.15. The molecular formula is C21H25NO5S. The van der Waals surface area contributed by atoms with Gasteiger partial charge >= 0.3 is 5.97 Å². The Balaban J connectivity index is 1.84. The van der Waals surface area contributed by atoms with Gasteiger partial charge in [-0.3, -0.25) is 9.59 Å². The molecule has 6 nitrogen and oxygen atoms in total. The van der Waals surface area contributed by atoms with E-state index >= 15 is 0 Å². The van der Waals surface area contributed by atoms with Crippen LogP contribution in [0, 0.1) is 27.7 Å². The molecule has 0 heterocycles. The summed E-state index contributed by atoms with van der Waals surface area (Å²) in [5.41, 5.74) is 4.14. The van der Waals surface area contributed by atoms with Crippen LogP contribution in [0.15, 0.2) is 41.3 Å². The molecule has 0 amide bonds. The van der Waals surface area contributed by atoms with Crippen LogP contribution in [0.3, 0.4) is 0 Å². The average molecular weight is 404 g/mol. The van der Waals surface area contributed by atoms with Gasteiger partial charge in [0.25, 0.3) is 0 Å². The lowest BCUT2D eigenvalue weighted by atomic mass is 10.0. The van der Waals surface area contributed by atoms with Gasteiger partial charge in [0.1, 0.15) is 0 Å². The third kappa shape index (κ3) is 5.74. The number of Topliss-reactive ketones (excluding diaryl/α,β-unsaturated/α-hetero) is 1. The molecule has 0 atom stereocenters. The van der Waals surface area contributed by atoms with E-state index in [0.29, 0.717) is 5.56 Å². The van der Waals surface area contributed by atoms with Gasteiger partial charge in [-0.2, -0.15) is 0 Å². The first-order valence-electron chi connectivity index (χ1n) is 8.93. The van der Waals surface area contributed by atoms with E-state index in [1.54, 1.807) is 18.2 Å². The zero-order valence-corrected chi connectivity index (χ0v) is 17.4. The summed E-state index contributed by atoms with van der Waals surface area (Å²) in [5.74, 6) is -0.924. The van der Waals surface area contributed by atoms with Crippen molar-refractivity contribution < 1.29 is 22.7 Å². The largest absolute Gasteiger partial charge is 0.457 e. The van der Waals surface area contributed by atoms with E-state index in [1.807, 2.05) is 39.8 Å². The molecule has 0 aromatic heterocycles. The second kappa shape index (κ2) is 9.12. The number of esters is 1. The zero-order valence-electron chi connectivity index (χ0n) is 16.5. The normalized spacial score (nSPS) is 11.3. The zero-order chi connectivity index (χ0) is 20.9. The van der Waals surface area contributed by atoms with E-state index in [4.69, 9.17) is 4.74 Å². The Morgan fingerprint density at radius 3 is 2.29 bits per heavy atom. The van der Waals surface area contributed by atoms with Gasteiger partial charge in [0, 0.05) is 12.1 Å². The van der Waals surface area contributed by atoms with Gasteiger partial charge in [0.15, 0.2) is 6.61 Å². The molecule has 2 rings (SSSR count). The average Bonchev–Trinajstić information content (AvgIpc) is 2.63.